The highest BCUT2D eigenvalue weighted by molar-refractivity contribution is 5.93. The molecular formula is C16H19N3O3. The zero-order valence-electron chi connectivity index (χ0n) is 12.7. The van der Waals surface area contributed by atoms with E-state index in [1.54, 1.807) is 15.5 Å². The summed E-state index contributed by atoms with van der Waals surface area (Å²) < 4.78 is 1.79. The molecule has 1 fully saturated rings. The fourth-order valence-electron chi connectivity index (χ4n) is 3.10. The summed E-state index contributed by atoms with van der Waals surface area (Å²) >= 11 is 0. The van der Waals surface area contributed by atoms with Gasteiger partial charge in [-0.15, -0.1) is 0 Å². The zero-order valence-corrected chi connectivity index (χ0v) is 12.7. The number of fused-ring (bicyclic) bond motifs is 1. The second kappa shape index (κ2) is 5.12. The van der Waals surface area contributed by atoms with E-state index in [2.05, 4.69) is 4.98 Å². The van der Waals surface area contributed by atoms with Crippen LogP contribution in [-0.4, -0.2) is 44.4 Å². The number of amides is 1. The van der Waals surface area contributed by atoms with Gasteiger partial charge in [-0.2, -0.15) is 0 Å². The number of aromatic nitrogens is 2. The van der Waals surface area contributed by atoms with Gasteiger partial charge in [-0.3, -0.25) is 9.59 Å². The standard InChI is InChI=1S/C16H19N3O3/c1-11(2)16(15(21)22)6-8-19(10-16)14(20)12-9-18-7-4-3-5-13(18)17-12/h3-5,7,9,11H,6,8,10H2,1-2H3,(H,21,22). The molecule has 0 bridgehead atoms. The van der Waals surface area contributed by atoms with Gasteiger partial charge in [-0.05, 0) is 24.5 Å². The molecule has 1 saturated heterocycles. The molecule has 3 heterocycles. The summed E-state index contributed by atoms with van der Waals surface area (Å²) in [6.07, 6.45) is 4.01. The third-order valence-electron chi connectivity index (χ3n) is 4.70. The lowest BCUT2D eigenvalue weighted by atomic mass is 9.76. The molecule has 1 amide bonds. The van der Waals surface area contributed by atoms with Crippen LogP contribution in [0.2, 0.25) is 0 Å². The highest BCUT2D eigenvalue weighted by Crippen LogP contribution is 2.38. The second-order valence-electron chi connectivity index (χ2n) is 6.18. The SMILES string of the molecule is CC(C)C1(C(=O)O)CCN(C(=O)c2cn3ccccc3n2)C1. The van der Waals surface area contributed by atoms with E-state index in [4.69, 9.17) is 0 Å². The maximum atomic E-state index is 12.6. The fourth-order valence-corrected chi connectivity index (χ4v) is 3.10. The molecule has 3 rings (SSSR count). The number of pyridine rings is 1. The third-order valence-corrected chi connectivity index (χ3v) is 4.70. The molecule has 1 unspecified atom stereocenters. The minimum atomic E-state index is -0.852. The molecule has 2 aromatic rings. The average molecular weight is 301 g/mol. The predicted octanol–water partition coefficient (Wildman–Crippen LogP) is 1.91. The predicted molar refractivity (Wildman–Crippen MR) is 80.6 cm³/mol. The van der Waals surface area contributed by atoms with Crippen molar-refractivity contribution in [1.29, 1.82) is 0 Å². The lowest BCUT2D eigenvalue weighted by molar-refractivity contribution is -0.150. The number of hydrogen-bond acceptors (Lipinski definition) is 3. The molecule has 0 saturated carbocycles. The van der Waals surface area contributed by atoms with Gasteiger partial charge in [0.25, 0.3) is 5.91 Å². The van der Waals surface area contributed by atoms with Crippen LogP contribution in [0.25, 0.3) is 5.65 Å². The molecule has 1 N–H and O–H groups in total. The first kappa shape index (κ1) is 14.6. The van der Waals surface area contributed by atoms with Crippen LogP contribution in [0.1, 0.15) is 30.8 Å². The Hall–Kier alpha value is -2.37. The van der Waals surface area contributed by atoms with Crippen molar-refractivity contribution < 1.29 is 14.7 Å². The molecule has 1 aliphatic rings. The molecule has 6 heteroatoms. The molecule has 0 radical (unpaired) electrons. The monoisotopic (exact) mass is 301 g/mol. The first-order valence-electron chi connectivity index (χ1n) is 7.40. The van der Waals surface area contributed by atoms with Gasteiger partial charge in [0.1, 0.15) is 11.3 Å². The number of hydrogen-bond donors (Lipinski definition) is 1. The van der Waals surface area contributed by atoms with Crippen molar-refractivity contribution in [3.8, 4) is 0 Å². The quantitative estimate of drug-likeness (QED) is 0.939. The van der Waals surface area contributed by atoms with Crippen molar-refractivity contribution in [2.45, 2.75) is 20.3 Å². The van der Waals surface area contributed by atoms with Crippen molar-refractivity contribution in [2.75, 3.05) is 13.1 Å². The smallest absolute Gasteiger partial charge is 0.311 e. The minimum absolute atomic E-state index is 0.0242. The van der Waals surface area contributed by atoms with Gasteiger partial charge >= 0.3 is 5.97 Å². The van der Waals surface area contributed by atoms with Crippen molar-refractivity contribution in [3.63, 3.8) is 0 Å². The number of carbonyl (C=O) groups excluding carboxylic acids is 1. The fraction of sp³-hybridized carbons (Fsp3) is 0.438. The number of nitrogens with zero attached hydrogens (tertiary/aromatic N) is 3. The van der Waals surface area contributed by atoms with Gasteiger partial charge in [0.05, 0.1) is 5.41 Å². The number of carboxylic acid groups (broad SMARTS) is 1. The highest BCUT2D eigenvalue weighted by atomic mass is 16.4. The molecule has 1 atom stereocenters. The second-order valence-corrected chi connectivity index (χ2v) is 6.18. The summed E-state index contributed by atoms with van der Waals surface area (Å²) in [5, 5.41) is 9.56. The van der Waals surface area contributed by atoms with E-state index in [9.17, 15) is 14.7 Å². The molecule has 116 valence electrons. The van der Waals surface area contributed by atoms with Crippen molar-refractivity contribution in [3.05, 3.63) is 36.3 Å². The number of aliphatic carboxylic acids is 1. The van der Waals surface area contributed by atoms with Crippen LogP contribution >= 0.6 is 0 Å². The number of imidazole rings is 1. The molecule has 22 heavy (non-hydrogen) atoms. The molecule has 0 aliphatic carbocycles. The average Bonchev–Trinajstić information content (AvgIpc) is 3.11. The molecule has 2 aromatic heterocycles. The molecule has 6 nitrogen and oxygen atoms in total. The Morgan fingerprint density at radius 2 is 2.14 bits per heavy atom. The zero-order chi connectivity index (χ0) is 15.9. The van der Waals surface area contributed by atoms with E-state index in [-0.39, 0.29) is 18.4 Å². The Morgan fingerprint density at radius 3 is 2.73 bits per heavy atom. The summed E-state index contributed by atoms with van der Waals surface area (Å²) in [5.41, 5.74) is 0.212. The molecule has 0 spiro atoms. The van der Waals surface area contributed by atoms with Crippen LogP contribution in [0.15, 0.2) is 30.6 Å². The van der Waals surface area contributed by atoms with Gasteiger partial charge in [0.2, 0.25) is 0 Å². The van der Waals surface area contributed by atoms with Crippen LogP contribution < -0.4 is 0 Å². The van der Waals surface area contributed by atoms with Crippen molar-refractivity contribution in [2.24, 2.45) is 11.3 Å². The summed E-state index contributed by atoms with van der Waals surface area (Å²) in [5.74, 6) is -1.05. The van der Waals surface area contributed by atoms with E-state index in [1.807, 2.05) is 38.2 Å². The van der Waals surface area contributed by atoms with Crippen LogP contribution in [0.3, 0.4) is 0 Å². The number of carboxylic acids is 1. The van der Waals surface area contributed by atoms with Gasteiger partial charge in [0, 0.05) is 25.5 Å². The van der Waals surface area contributed by atoms with E-state index in [0.29, 0.717) is 24.3 Å². The topological polar surface area (TPSA) is 74.9 Å². The van der Waals surface area contributed by atoms with E-state index in [1.165, 1.54) is 0 Å². The Balaban J connectivity index is 1.86. The largest absolute Gasteiger partial charge is 0.481 e. The van der Waals surface area contributed by atoms with Crippen molar-refractivity contribution in [1.82, 2.24) is 14.3 Å². The van der Waals surface area contributed by atoms with Crippen molar-refractivity contribution >= 4 is 17.5 Å². The van der Waals surface area contributed by atoms with Crippen LogP contribution in [0, 0.1) is 11.3 Å². The maximum absolute atomic E-state index is 12.6. The van der Waals surface area contributed by atoms with Crippen LogP contribution in [0.5, 0.6) is 0 Å². The first-order valence-corrected chi connectivity index (χ1v) is 7.40. The third kappa shape index (κ3) is 2.15. The lowest BCUT2D eigenvalue weighted by Gasteiger charge is -2.28. The van der Waals surface area contributed by atoms with Gasteiger partial charge in [0.15, 0.2) is 0 Å². The molecular weight excluding hydrogens is 282 g/mol. The van der Waals surface area contributed by atoms with Gasteiger partial charge < -0.3 is 14.4 Å². The number of carbonyl (C=O) groups is 2. The summed E-state index contributed by atoms with van der Waals surface area (Å²) in [6.45, 7) is 4.49. The summed E-state index contributed by atoms with van der Waals surface area (Å²) in [7, 11) is 0. The Kier molecular flexibility index (Phi) is 3.39. The summed E-state index contributed by atoms with van der Waals surface area (Å²) in [4.78, 5) is 30.2. The lowest BCUT2D eigenvalue weighted by Crippen LogP contribution is -2.40. The maximum Gasteiger partial charge on any atom is 0.311 e. The highest BCUT2D eigenvalue weighted by Gasteiger charge is 2.48. The van der Waals surface area contributed by atoms with Gasteiger partial charge in [-0.1, -0.05) is 19.9 Å². The normalized spacial score (nSPS) is 21.7. The Labute approximate surface area is 128 Å². The van der Waals surface area contributed by atoms with Crippen LogP contribution in [-0.2, 0) is 4.79 Å². The van der Waals surface area contributed by atoms with Gasteiger partial charge in [-0.25, -0.2) is 4.98 Å². The first-order chi connectivity index (χ1) is 10.4. The minimum Gasteiger partial charge on any atom is -0.481 e. The Morgan fingerprint density at radius 1 is 1.36 bits per heavy atom. The van der Waals surface area contributed by atoms with E-state index < -0.39 is 11.4 Å². The van der Waals surface area contributed by atoms with Crippen LogP contribution in [0.4, 0.5) is 0 Å². The van der Waals surface area contributed by atoms with E-state index in [0.717, 1.165) is 0 Å². The Bertz CT molecular complexity index is 704. The summed E-state index contributed by atoms with van der Waals surface area (Å²) in [6, 6.07) is 5.56. The molecule has 0 aromatic carbocycles. The number of likely N-dealkylation sites (tertiary alicyclic amines) is 1. The van der Waals surface area contributed by atoms with E-state index >= 15 is 0 Å². The molecule has 1 aliphatic heterocycles. The number of rotatable bonds is 3.